The van der Waals surface area contributed by atoms with Crippen LogP contribution < -0.4 is 15.4 Å². The third-order valence-electron chi connectivity index (χ3n) is 9.79. The first-order valence-electron chi connectivity index (χ1n) is 18.0. The third kappa shape index (κ3) is 10.0. The summed E-state index contributed by atoms with van der Waals surface area (Å²) in [6.07, 6.45) is -3.04. The van der Waals surface area contributed by atoms with Gasteiger partial charge in [0, 0.05) is 12.5 Å². The molecule has 3 aromatic carbocycles. The molecule has 1 fully saturated rings. The molecule has 0 aromatic heterocycles. The number of phenolic OH excluding ortho intramolecular Hbond substituents is 3. The summed E-state index contributed by atoms with van der Waals surface area (Å²) >= 11 is 0. The summed E-state index contributed by atoms with van der Waals surface area (Å²) < 4.78 is 5.17. The van der Waals surface area contributed by atoms with Gasteiger partial charge in [-0.1, -0.05) is 67.6 Å². The largest absolute Gasteiger partial charge is 0.504 e. The van der Waals surface area contributed by atoms with Gasteiger partial charge in [0.05, 0.1) is 6.10 Å². The van der Waals surface area contributed by atoms with E-state index in [1.54, 1.807) is 60.7 Å². The van der Waals surface area contributed by atoms with E-state index >= 15 is 0 Å². The van der Waals surface area contributed by atoms with Gasteiger partial charge in [-0.2, -0.15) is 0 Å². The molecule has 0 aliphatic carbocycles. The summed E-state index contributed by atoms with van der Waals surface area (Å²) in [5, 5.41) is 167. The van der Waals surface area contributed by atoms with Crippen molar-refractivity contribution in [2.24, 2.45) is 5.92 Å². The molecule has 4 unspecified atom stereocenters. The maximum Gasteiger partial charge on any atom is 0.326 e. The summed E-state index contributed by atoms with van der Waals surface area (Å²) in [6.45, 7) is 0.0861. The Morgan fingerprint density at radius 3 is 1.73 bits per heavy atom. The Hall–Kier alpha value is -5.25. The molecular weight excluding hydrogens is 806 g/mol. The highest BCUT2D eigenvalue weighted by atomic mass is 16.7. The lowest BCUT2D eigenvalue weighted by Gasteiger charge is -2.52. The maximum atomic E-state index is 13.8. The molecule has 4 atom stereocenters. The van der Waals surface area contributed by atoms with E-state index in [-0.39, 0.29) is 24.2 Å². The van der Waals surface area contributed by atoms with Gasteiger partial charge in [0.25, 0.3) is 0 Å². The van der Waals surface area contributed by atoms with Crippen molar-refractivity contribution in [3.63, 3.8) is 0 Å². The third-order valence-corrected chi connectivity index (χ3v) is 9.79. The number of phenols is 3. The van der Waals surface area contributed by atoms with Crippen LogP contribution in [0.1, 0.15) is 48.4 Å². The minimum Gasteiger partial charge on any atom is -0.504 e. The molecule has 3 amide bonds. The lowest BCUT2D eigenvalue weighted by atomic mass is 9.85. The van der Waals surface area contributed by atoms with Crippen molar-refractivity contribution in [3.05, 3.63) is 82.9 Å². The van der Waals surface area contributed by atoms with Crippen LogP contribution in [0.3, 0.4) is 0 Å². The Bertz CT molecular complexity index is 1960. The predicted octanol–water partition coefficient (Wildman–Crippen LogP) is -4.59. The molecule has 0 saturated carbocycles. The highest BCUT2D eigenvalue weighted by Crippen LogP contribution is 2.52. The minimum atomic E-state index is -4.27. The molecule has 60 heavy (non-hydrogen) atoms. The summed E-state index contributed by atoms with van der Waals surface area (Å²) in [4.78, 5) is 40.1. The smallest absolute Gasteiger partial charge is 0.326 e. The van der Waals surface area contributed by atoms with Crippen LogP contribution >= 0.6 is 0 Å². The van der Waals surface area contributed by atoms with Crippen molar-refractivity contribution in [2.75, 3.05) is 6.61 Å². The average Bonchev–Trinajstić information content (AvgIpc) is 3.13. The van der Waals surface area contributed by atoms with Gasteiger partial charge in [-0.15, -0.1) is 0 Å². The molecule has 23 heteroatoms. The number of nitrogens with one attached hydrogen (secondary N) is 2. The lowest BCUT2D eigenvalue weighted by Crippen LogP contribution is -2.86. The van der Waals surface area contributed by atoms with E-state index in [2.05, 4.69) is 5.32 Å². The number of benzene rings is 3. The molecule has 0 bridgehead atoms. The number of hydrogen-bond acceptors (Lipinski definition) is 20. The Labute approximate surface area is 339 Å². The monoisotopic (exact) mass is 853 g/mol. The SMILES string of the molecule is CCC(C(=O)NC(Cc1ccccc1)CC(O)C(CC(=O)COc1c(C(O)(O)O)c(O)c(O)c(O)c1C(O)(O)O)Cc1ccccc1)N1C(=O)NC(O)(O)C(O)(O)C1(O)O. The highest BCUT2D eigenvalue weighted by Gasteiger charge is 2.72. The second kappa shape index (κ2) is 17.8. The first kappa shape index (κ1) is 47.4. The topological polar surface area (TPSA) is 411 Å². The number of ether oxygens (including phenoxy) is 1. The van der Waals surface area contributed by atoms with Crippen LogP contribution in [0, 0.1) is 5.92 Å². The van der Waals surface area contributed by atoms with Gasteiger partial charge in [0.2, 0.25) is 11.7 Å². The van der Waals surface area contributed by atoms with Gasteiger partial charge >= 0.3 is 35.6 Å². The molecule has 1 aliphatic rings. The second-order valence-corrected chi connectivity index (χ2v) is 14.3. The van der Waals surface area contributed by atoms with Crippen LogP contribution in [-0.4, -0.2) is 147 Å². The quantitative estimate of drug-likeness (QED) is 0.0423. The van der Waals surface area contributed by atoms with Crippen molar-refractivity contribution < 1.29 is 101 Å². The molecule has 3 aromatic rings. The van der Waals surface area contributed by atoms with E-state index in [0.717, 1.165) is 0 Å². The van der Waals surface area contributed by atoms with Crippen molar-refractivity contribution in [1.82, 2.24) is 15.5 Å². The number of ketones is 1. The number of aliphatic hydroxyl groups is 13. The number of amides is 3. The van der Waals surface area contributed by atoms with Gasteiger partial charge in [-0.05, 0) is 42.7 Å². The number of urea groups is 1. The molecule has 18 N–H and O–H groups in total. The number of hydrogen-bond donors (Lipinski definition) is 18. The number of aliphatic hydroxyl groups excluding tert-OH is 1. The Morgan fingerprint density at radius 2 is 1.27 bits per heavy atom. The van der Waals surface area contributed by atoms with E-state index in [4.69, 9.17) is 4.74 Å². The number of Topliss-reactive ketones (excluding diaryl/α,β-unsaturated/α-hetero) is 1. The first-order valence-corrected chi connectivity index (χ1v) is 18.0. The van der Waals surface area contributed by atoms with Gasteiger partial charge in [-0.3, -0.25) is 19.8 Å². The van der Waals surface area contributed by atoms with Crippen LogP contribution in [0.15, 0.2) is 60.7 Å². The molecule has 330 valence electrons. The van der Waals surface area contributed by atoms with Crippen molar-refractivity contribution in [2.45, 2.75) is 86.8 Å². The first-order chi connectivity index (χ1) is 27.6. The highest BCUT2D eigenvalue weighted by molar-refractivity contribution is 5.88. The van der Waals surface area contributed by atoms with E-state index in [9.17, 15) is 96.1 Å². The van der Waals surface area contributed by atoms with Crippen LogP contribution in [0.4, 0.5) is 4.79 Å². The van der Waals surface area contributed by atoms with E-state index in [0.29, 0.717) is 11.1 Å². The fourth-order valence-corrected chi connectivity index (χ4v) is 6.78. The Kier molecular flexibility index (Phi) is 14.0. The van der Waals surface area contributed by atoms with E-state index in [1.165, 1.54) is 12.2 Å². The van der Waals surface area contributed by atoms with E-state index in [1.807, 2.05) is 0 Å². The molecule has 1 aliphatic heterocycles. The maximum absolute atomic E-state index is 13.8. The summed E-state index contributed by atoms with van der Waals surface area (Å²) in [6, 6.07) is 11.9. The molecule has 4 rings (SSSR count). The van der Waals surface area contributed by atoms with Gasteiger partial charge < -0.3 is 91.8 Å². The van der Waals surface area contributed by atoms with E-state index < -0.39 is 125 Å². The van der Waals surface area contributed by atoms with Gasteiger partial charge in [-0.25, -0.2) is 4.79 Å². The molecule has 1 saturated heterocycles. The number of carbonyl (C=O) groups is 3. The summed E-state index contributed by atoms with van der Waals surface area (Å²) in [5.74, 6) is -30.4. The fraction of sp³-hybridized carbons (Fsp3) is 0.432. The second-order valence-electron chi connectivity index (χ2n) is 14.3. The number of rotatable bonds is 18. The standard InChI is InChI=1S/C37H47N3O20/c1-2-23(40-32(47)39-36(56,57)35(54,55)37(40,58)59)31(46)38-21(14-19-11-7-4-8-12-19)16-24(42)20(13-18-9-5-3-6-10-18)15-22(41)17-60-30-25(33(48,49)50)27(43)29(45)28(44)26(30)34(51,52)53/h3-12,20-21,23-24,42-45,48-59H,2,13-17H2,1H3,(H,38,46)(H,39,47). The molecule has 23 nitrogen and oxygen atoms in total. The zero-order chi connectivity index (χ0) is 45.2. The average molecular weight is 854 g/mol. The zero-order valence-electron chi connectivity index (χ0n) is 31.6. The van der Waals surface area contributed by atoms with Crippen LogP contribution in [0.25, 0.3) is 0 Å². The number of carbonyl (C=O) groups excluding carboxylic acids is 3. The fourth-order valence-electron chi connectivity index (χ4n) is 6.78. The predicted molar refractivity (Wildman–Crippen MR) is 196 cm³/mol. The minimum absolute atomic E-state index is 0.0407. The van der Waals surface area contributed by atoms with Crippen LogP contribution in [-0.2, 0) is 34.4 Å². The summed E-state index contributed by atoms with van der Waals surface area (Å²) in [7, 11) is 0. The molecule has 0 radical (unpaired) electrons. The Balaban J connectivity index is 1.65. The van der Waals surface area contributed by atoms with Gasteiger partial charge in [0.1, 0.15) is 29.5 Å². The molecule has 1 heterocycles. The van der Waals surface area contributed by atoms with Crippen molar-refractivity contribution in [3.8, 4) is 23.0 Å². The van der Waals surface area contributed by atoms with Gasteiger partial charge in [0.15, 0.2) is 17.3 Å². The lowest BCUT2D eigenvalue weighted by molar-refractivity contribution is -0.495. The Morgan fingerprint density at radius 1 is 0.783 bits per heavy atom. The molecular formula is C37H47N3O20. The van der Waals surface area contributed by atoms with Crippen molar-refractivity contribution in [1.29, 1.82) is 0 Å². The molecule has 0 spiro atoms. The van der Waals surface area contributed by atoms with Crippen molar-refractivity contribution >= 4 is 17.7 Å². The number of aromatic hydroxyl groups is 3. The zero-order valence-corrected chi connectivity index (χ0v) is 31.6. The normalized spacial score (nSPS) is 18.2. The summed E-state index contributed by atoms with van der Waals surface area (Å²) in [5.41, 5.74) is -2.10. The number of nitrogens with zero attached hydrogens (tertiary/aromatic N) is 1. The van der Waals surface area contributed by atoms with Crippen LogP contribution in [0.5, 0.6) is 23.0 Å². The van der Waals surface area contributed by atoms with Crippen LogP contribution in [0.2, 0.25) is 0 Å².